The van der Waals surface area contributed by atoms with Gasteiger partial charge in [-0.25, -0.2) is 13.3 Å². The van der Waals surface area contributed by atoms with Crippen molar-refractivity contribution in [3.8, 4) is 0 Å². The van der Waals surface area contributed by atoms with Crippen LogP contribution in [0.15, 0.2) is 5.16 Å². The van der Waals surface area contributed by atoms with Crippen LogP contribution in [0.4, 0.5) is 4.79 Å². The second kappa shape index (κ2) is 11.2. The van der Waals surface area contributed by atoms with Gasteiger partial charge in [0.2, 0.25) is 16.2 Å². The van der Waals surface area contributed by atoms with Crippen molar-refractivity contribution in [2.45, 2.75) is 6.92 Å². The lowest BCUT2D eigenvalue weighted by atomic mass is 10.6. The van der Waals surface area contributed by atoms with E-state index in [1.165, 1.54) is 30.2 Å². The molecule has 2 amide bonds. The largest absolute Gasteiger partial charge is 0.448 e. The van der Waals surface area contributed by atoms with Gasteiger partial charge in [-0.3, -0.25) is 9.63 Å². The molecule has 0 fully saturated rings. The van der Waals surface area contributed by atoms with Crippen LogP contribution in [0.25, 0.3) is 0 Å². The van der Waals surface area contributed by atoms with Gasteiger partial charge < -0.3 is 13.9 Å². The second-order valence-corrected chi connectivity index (χ2v) is 10.4. The van der Waals surface area contributed by atoms with Crippen LogP contribution in [0.5, 0.6) is 0 Å². The molecule has 25 heavy (non-hydrogen) atoms. The van der Waals surface area contributed by atoms with E-state index in [-0.39, 0.29) is 11.6 Å². The maximum atomic E-state index is 12.6. The summed E-state index contributed by atoms with van der Waals surface area (Å²) in [5.74, 6) is -0.423. The molecule has 0 saturated heterocycles. The van der Waals surface area contributed by atoms with Crippen LogP contribution in [-0.2, 0) is 41.7 Å². The van der Waals surface area contributed by atoms with Gasteiger partial charge in [0.15, 0.2) is 0 Å². The number of hydrogen-bond acceptors (Lipinski definition) is 9. The van der Waals surface area contributed by atoms with Crippen LogP contribution in [0, 0.1) is 0 Å². The van der Waals surface area contributed by atoms with Crippen molar-refractivity contribution in [3.63, 3.8) is 0 Å². The topological polar surface area (TPSA) is 101 Å². The first-order valence-corrected chi connectivity index (χ1v) is 11.7. The molecule has 1 atom stereocenters. The van der Waals surface area contributed by atoms with Crippen LogP contribution in [-0.4, -0.2) is 82.7 Å². The van der Waals surface area contributed by atoms with Gasteiger partial charge >= 0.3 is 6.09 Å². The molecule has 0 aromatic carbocycles. The highest BCUT2D eigenvalue weighted by Gasteiger charge is 2.34. The highest BCUT2D eigenvalue weighted by Crippen LogP contribution is 2.51. The number of nitrogens with zero attached hydrogens (tertiary/aromatic N) is 4. The lowest BCUT2D eigenvalue weighted by Gasteiger charge is -2.31. The smallest absolute Gasteiger partial charge is 0.343 e. The molecule has 0 aliphatic heterocycles. The number of oxime groups is 1. The molecule has 146 valence electrons. The van der Waals surface area contributed by atoms with Gasteiger partial charge in [0.05, 0.1) is 0 Å². The second-order valence-electron chi connectivity index (χ2n) is 4.39. The Kier molecular flexibility index (Phi) is 11.0. The molecule has 0 spiro atoms. The van der Waals surface area contributed by atoms with E-state index in [2.05, 4.69) is 5.16 Å². The normalized spacial score (nSPS) is 13.5. The number of hydrogen-bond donors (Lipinski definition) is 0. The maximum absolute atomic E-state index is 12.6. The van der Waals surface area contributed by atoms with E-state index in [1.807, 2.05) is 0 Å². The predicted molar refractivity (Wildman–Crippen MR) is 103 cm³/mol. The molecule has 0 aliphatic rings. The summed E-state index contributed by atoms with van der Waals surface area (Å²) < 4.78 is 24.9. The fourth-order valence-electron chi connectivity index (χ4n) is 1.32. The standard InChI is InChI=1S/C11H23N4O6PS3/c1-8-15(22(23,19-5)20-6)25(18)14(4)11(17)21-12-9(24-7)10(16)13(2)3/h8H2,1-7H3. The molecular weight excluding hydrogens is 411 g/mol. The van der Waals surface area contributed by atoms with Crippen molar-refractivity contribution in [2.75, 3.05) is 48.2 Å². The van der Waals surface area contributed by atoms with Crippen molar-refractivity contribution < 1.29 is 27.7 Å². The average molecular weight is 435 g/mol. The Balaban J connectivity index is 5.24. The van der Waals surface area contributed by atoms with Crippen LogP contribution in [0.1, 0.15) is 6.92 Å². The first-order chi connectivity index (χ1) is 11.6. The SMILES string of the molecule is CCN(S(=O)N(C)C(=O)ON=C(SC)C(=O)N(C)C)P(=S)(OC)OC. The van der Waals surface area contributed by atoms with Gasteiger partial charge in [0, 0.05) is 41.9 Å². The molecule has 1 unspecified atom stereocenters. The molecule has 0 bridgehead atoms. The Morgan fingerprint density at radius 1 is 1.24 bits per heavy atom. The van der Waals surface area contributed by atoms with Gasteiger partial charge in [0.1, 0.15) is 0 Å². The van der Waals surface area contributed by atoms with Crippen molar-refractivity contribution in [3.05, 3.63) is 0 Å². The van der Waals surface area contributed by atoms with Crippen LogP contribution in [0.2, 0.25) is 0 Å². The van der Waals surface area contributed by atoms with Crippen molar-refractivity contribution in [1.82, 2.24) is 13.3 Å². The number of carbonyl (C=O) groups is 2. The van der Waals surface area contributed by atoms with Crippen LogP contribution < -0.4 is 0 Å². The summed E-state index contributed by atoms with van der Waals surface area (Å²) in [6.45, 7) is -1.10. The quantitative estimate of drug-likeness (QED) is 0.194. The van der Waals surface area contributed by atoms with Gasteiger partial charge in [0.25, 0.3) is 12.5 Å². The summed E-state index contributed by atoms with van der Waals surface area (Å²) in [6.07, 6.45) is 0.589. The number of amides is 2. The zero-order chi connectivity index (χ0) is 19.8. The Hall–Kier alpha value is -0.560. The molecule has 0 rings (SSSR count). The van der Waals surface area contributed by atoms with Crippen LogP contribution in [0.3, 0.4) is 0 Å². The van der Waals surface area contributed by atoms with E-state index in [4.69, 9.17) is 25.7 Å². The third kappa shape index (κ3) is 6.59. The Morgan fingerprint density at radius 3 is 2.12 bits per heavy atom. The van der Waals surface area contributed by atoms with Crippen molar-refractivity contribution >= 4 is 58.4 Å². The molecule has 0 saturated carbocycles. The van der Waals surface area contributed by atoms with Gasteiger partial charge in [-0.1, -0.05) is 12.1 Å². The number of carbonyl (C=O) groups excluding carboxylic acids is 2. The zero-order valence-corrected chi connectivity index (χ0v) is 18.5. The zero-order valence-electron chi connectivity index (χ0n) is 15.1. The Morgan fingerprint density at radius 2 is 1.76 bits per heavy atom. The fourth-order valence-corrected chi connectivity index (χ4v) is 5.59. The maximum Gasteiger partial charge on any atom is 0.448 e. The monoisotopic (exact) mass is 434 g/mol. The van der Waals surface area contributed by atoms with Crippen LogP contribution >= 0.6 is 18.4 Å². The molecule has 0 aromatic rings. The minimum atomic E-state index is -3.00. The van der Waals surface area contributed by atoms with E-state index in [0.29, 0.717) is 0 Å². The van der Waals surface area contributed by atoms with E-state index >= 15 is 0 Å². The lowest BCUT2D eigenvalue weighted by Crippen LogP contribution is -2.38. The summed E-state index contributed by atoms with van der Waals surface area (Å²) in [5, 5.41) is 3.49. The van der Waals surface area contributed by atoms with E-state index in [0.717, 1.165) is 16.1 Å². The number of thioether (sulfide) groups is 1. The van der Waals surface area contributed by atoms with E-state index in [1.54, 1.807) is 27.3 Å². The molecule has 0 aliphatic carbocycles. The highest BCUT2D eigenvalue weighted by atomic mass is 32.5. The first-order valence-electron chi connectivity index (χ1n) is 6.79. The van der Waals surface area contributed by atoms with Crippen molar-refractivity contribution in [2.24, 2.45) is 5.16 Å². The van der Waals surface area contributed by atoms with E-state index < -0.39 is 29.8 Å². The third-order valence-corrected chi connectivity index (χ3v) is 9.15. The lowest BCUT2D eigenvalue weighted by molar-refractivity contribution is -0.121. The molecule has 0 radical (unpaired) electrons. The average Bonchev–Trinajstić information content (AvgIpc) is 2.60. The highest BCUT2D eigenvalue weighted by molar-refractivity contribution is 8.15. The Bertz CT molecular complexity index is 580. The van der Waals surface area contributed by atoms with Gasteiger partial charge in [-0.05, 0) is 18.1 Å². The summed E-state index contributed by atoms with van der Waals surface area (Å²) >= 11 is 4.23. The summed E-state index contributed by atoms with van der Waals surface area (Å²) in [6, 6.07) is 0. The molecule has 0 aromatic heterocycles. The summed E-state index contributed by atoms with van der Waals surface area (Å²) in [7, 11) is 7.00. The summed E-state index contributed by atoms with van der Waals surface area (Å²) in [4.78, 5) is 29.9. The third-order valence-electron chi connectivity index (χ3n) is 2.67. The van der Waals surface area contributed by atoms with Crippen molar-refractivity contribution in [1.29, 1.82) is 0 Å². The minimum absolute atomic E-state index is 0.0243. The first kappa shape index (κ1) is 24.4. The minimum Gasteiger partial charge on any atom is -0.343 e. The molecular formula is C11H23N4O6PS3. The molecule has 0 N–H and O–H groups in total. The van der Waals surface area contributed by atoms with E-state index in [9.17, 15) is 13.8 Å². The predicted octanol–water partition coefficient (Wildman–Crippen LogP) is 1.24. The Labute approximate surface area is 159 Å². The molecule has 0 heterocycles. The summed E-state index contributed by atoms with van der Waals surface area (Å²) in [5.41, 5.74) is 0. The fraction of sp³-hybridized carbons (Fsp3) is 0.727. The molecule has 14 heteroatoms. The van der Waals surface area contributed by atoms with Gasteiger partial charge in [-0.2, -0.15) is 0 Å². The number of rotatable bonds is 7. The molecule has 10 nitrogen and oxygen atoms in total. The van der Waals surface area contributed by atoms with Gasteiger partial charge in [-0.15, -0.1) is 15.8 Å².